The molecule has 1 aromatic carbocycles. The van der Waals surface area contributed by atoms with Crippen LogP contribution in [0.25, 0.3) is 0 Å². The van der Waals surface area contributed by atoms with Crippen molar-refractivity contribution in [3.63, 3.8) is 0 Å². The number of nitrogen functional groups attached to an aromatic ring is 1. The summed E-state index contributed by atoms with van der Waals surface area (Å²) >= 11 is 0. The Morgan fingerprint density at radius 2 is 1.94 bits per heavy atom. The predicted molar refractivity (Wildman–Crippen MR) is 64.4 cm³/mol. The fraction of sp³-hybridized carbons (Fsp3) is 0.0909. The molecule has 0 saturated carbocycles. The summed E-state index contributed by atoms with van der Waals surface area (Å²) in [6, 6.07) is 5.70. The summed E-state index contributed by atoms with van der Waals surface area (Å²) in [6.07, 6.45) is 1.29. The van der Waals surface area contributed by atoms with E-state index in [0.29, 0.717) is 23.0 Å². The molecule has 7 heteroatoms. The highest BCUT2D eigenvalue weighted by Gasteiger charge is 2.08. The molecule has 92 valence electrons. The molecular formula is C11H10N4O3. The first kappa shape index (κ1) is 11.8. The van der Waals surface area contributed by atoms with Crippen LogP contribution in [0, 0.1) is 17.0 Å². The largest absolute Gasteiger partial charge is 0.439 e. The lowest BCUT2D eigenvalue weighted by atomic mass is 10.3. The van der Waals surface area contributed by atoms with Gasteiger partial charge in [0.15, 0.2) is 0 Å². The van der Waals surface area contributed by atoms with E-state index in [1.807, 2.05) is 0 Å². The number of nitro benzene ring substituents is 1. The minimum atomic E-state index is -0.474. The molecule has 0 amide bonds. The number of nitrogens with two attached hydrogens (primary N) is 1. The van der Waals surface area contributed by atoms with E-state index >= 15 is 0 Å². The average Bonchev–Trinajstić information content (AvgIpc) is 2.36. The first-order valence-corrected chi connectivity index (χ1v) is 5.07. The Bertz CT molecular complexity index is 583. The second kappa shape index (κ2) is 4.66. The zero-order valence-corrected chi connectivity index (χ0v) is 9.53. The Morgan fingerprint density at radius 3 is 2.56 bits per heavy atom. The van der Waals surface area contributed by atoms with Crippen LogP contribution in [-0.4, -0.2) is 14.9 Å². The molecule has 2 rings (SSSR count). The monoisotopic (exact) mass is 246 g/mol. The molecule has 2 N–H and O–H groups in total. The van der Waals surface area contributed by atoms with Crippen LogP contribution in [0.2, 0.25) is 0 Å². The van der Waals surface area contributed by atoms with Crippen LogP contribution in [0.3, 0.4) is 0 Å². The molecule has 1 heterocycles. The highest BCUT2D eigenvalue weighted by molar-refractivity contribution is 5.45. The average molecular weight is 246 g/mol. The smallest absolute Gasteiger partial charge is 0.269 e. The van der Waals surface area contributed by atoms with Gasteiger partial charge in [-0.2, -0.15) is 0 Å². The Kier molecular flexibility index (Phi) is 3.05. The number of nitrogens with zero attached hydrogens (tertiary/aromatic N) is 3. The van der Waals surface area contributed by atoms with E-state index in [0.717, 1.165) is 0 Å². The van der Waals surface area contributed by atoms with Gasteiger partial charge in [-0.05, 0) is 19.1 Å². The summed E-state index contributed by atoms with van der Waals surface area (Å²) in [4.78, 5) is 17.8. The van der Waals surface area contributed by atoms with Crippen LogP contribution in [0.5, 0.6) is 11.6 Å². The number of aromatic nitrogens is 2. The molecule has 0 unspecified atom stereocenters. The van der Waals surface area contributed by atoms with Crippen molar-refractivity contribution in [3.8, 4) is 11.6 Å². The molecule has 0 saturated heterocycles. The molecule has 0 spiro atoms. The third-order valence-corrected chi connectivity index (χ3v) is 2.34. The third kappa shape index (κ3) is 2.34. The Labute approximate surface area is 102 Å². The molecule has 1 aromatic heterocycles. The number of anilines is 1. The van der Waals surface area contributed by atoms with E-state index in [4.69, 9.17) is 10.5 Å². The lowest BCUT2D eigenvalue weighted by Crippen LogP contribution is -1.99. The van der Waals surface area contributed by atoms with E-state index in [1.165, 1.54) is 30.6 Å². The maximum absolute atomic E-state index is 10.5. The standard InChI is InChI=1S/C11H10N4O3/c1-7-10(12)13-6-14-11(7)18-9-4-2-8(3-5-9)15(16)17/h2-6H,1H3,(H2,12,13,14). The van der Waals surface area contributed by atoms with Crippen molar-refractivity contribution in [1.29, 1.82) is 0 Å². The summed E-state index contributed by atoms with van der Waals surface area (Å²) in [5, 5.41) is 10.5. The molecule has 0 aliphatic carbocycles. The summed E-state index contributed by atoms with van der Waals surface area (Å²) < 4.78 is 5.47. The van der Waals surface area contributed by atoms with Crippen LogP contribution < -0.4 is 10.5 Å². The topological polar surface area (TPSA) is 104 Å². The van der Waals surface area contributed by atoms with Gasteiger partial charge in [-0.1, -0.05) is 0 Å². The molecule has 2 aromatic rings. The van der Waals surface area contributed by atoms with Crippen molar-refractivity contribution >= 4 is 11.5 Å². The van der Waals surface area contributed by atoms with E-state index in [9.17, 15) is 10.1 Å². The Morgan fingerprint density at radius 1 is 1.28 bits per heavy atom. The van der Waals surface area contributed by atoms with Crippen molar-refractivity contribution in [1.82, 2.24) is 9.97 Å². The van der Waals surface area contributed by atoms with Crippen LogP contribution >= 0.6 is 0 Å². The van der Waals surface area contributed by atoms with Gasteiger partial charge >= 0.3 is 0 Å². The number of non-ortho nitro benzene ring substituents is 1. The van der Waals surface area contributed by atoms with Crippen LogP contribution in [0.1, 0.15) is 5.56 Å². The van der Waals surface area contributed by atoms with Gasteiger partial charge in [0.05, 0.1) is 10.5 Å². The summed E-state index contributed by atoms with van der Waals surface area (Å²) in [5.74, 6) is 1.11. The van der Waals surface area contributed by atoms with Crippen molar-refractivity contribution < 1.29 is 9.66 Å². The van der Waals surface area contributed by atoms with Gasteiger partial charge in [0, 0.05) is 12.1 Å². The minimum absolute atomic E-state index is 0.00118. The SMILES string of the molecule is Cc1c(N)ncnc1Oc1ccc([N+](=O)[O-])cc1. The zero-order chi connectivity index (χ0) is 13.1. The van der Waals surface area contributed by atoms with E-state index in [1.54, 1.807) is 6.92 Å². The number of hydrogen-bond donors (Lipinski definition) is 1. The predicted octanol–water partition coefficient (Wildman–Crippen LogP) is 2.07. The van der Waals surface area contributed by atoms with Gasteiger partial charge in [-0.15, -0.1) is 0 Å². The second-order valence-corrected chi connectivity index (χ2v) is 3.54. The summed E-state index contributed by atoms with van der Waals surface area (Å²) in [6.45, 7) is 1.73. The third-order valence-electron chi connectivity index (χ3n) is 2.34. The van der Waals surface area contributed by atoms with Crippen molar-refractivity contribution in [3.05, 3.63) is 46.3 Å². The second-order valence-electron chi connectivity index (χ2n) is 3.54. The molecule has 7 nitrogen and oxygen atoms in total. The van der Waals surface area contributed by atoms with Crippen molar-refractivity contribution in [2.75, 3.05) is 5.73 Å². The lowest BCUT2D eigenvalue weighted by Gasteiger charge is -2.07. The number of hydrogen-bond acceptors (Lipinski definition) is 6. The molecular weight excluding hydrogens is 236 g/mol. The van der Waals surface area contributed by atoms with Gasteiger partial charge < -0.3 is 10.5 Å². The Hall–Kier alpha value is -2.70. The molecule has 0 radical (unpaired) electrons. The first-order chi connectivity index (χ1) is 8.58. The molecule has 0 aliphatic heterocycles. The zero-order valence-electron chi connectivity index (χ0n) is 9.53. The molecule has 0 atom stereocenters. The highest BCUT2D eigenvalue weighted by atomic mass is 16.6. The van der Waals surface area contributed by atoms with Crippen molar-refractivity contribution in [2.24, 2.45) is 0 Å². The van der Waals surface area contributed by atoms with Gasteiger partial charge in [-0.3, -0.25) is 10.1 Å². The van der Waals surface area contributed by atoms with Crippen LogP contribution in [0.4, 0.5) is 11.5 Å². The van der Waals surface area contributed by atoms with Crippen LogP contribution in [-0.2, 0) is 0 Å². The fourth-order valence-electron chi connectivity index (χ4n) is 1.30. The number of benzene rings is 1. The van der Waals surface area contributed by atoms with Crippen LogP contribution in [0.15, 0.2) is 30.6 Å². The Balaban J connectivity index is 2.24. The van der Waals surface area contributed by atoms with Gasteiger partial charge in [0.25, 0.3) is 5.69 Å². The molecule has 0 bridgehead atoms. The lowest BCUT2D eigenvalue weighted by molar-refractivity contribution is -0.384. The number of nitro groups is 1. The number of rotatable bonds is 3. The molecule has 0 fully saturated rings. The summed E-state index contributed by atoms with van der Waals surface area (Å²) in [7, 11) is 0. The summed E-state index contributed by atoms with van der Waals surface area (Å²) in [5.41, 5.74) is 6.24. The maximum atomic E-state index is 10.5. The maximum Gasteiger partial charge on any atom is 0.269 e. The fourth-order valence-corrected chi connectivity index (χ4v) is 1.30. The van der Waals surface area contributed by atoms with E-state index in [2.05, 4.69) is 9.97 Å². The van der Waals surface area contributed by atoms with Gasteiger partial charge in [-0.25, -0.2) is 9.97 Å². The molecule has 0 aliphatic rings. The van der Waals surface area contributed by atoms with Gasteiger partial charge in [0.1, 0.15) is 17.9 Å². The first-order valence-electron chi connectivity index (χ1n) is 5.07. The normalized spacial score (nSPS) is 10.1. The van der Waals surface area contributed by atoms with Crippen molar-refractivity contribution in [2.45, 2.75) is 6.92 Å². The minimum Gasteiger partial charge on any atom is -0.439 e. The van der Waals surface area contributed by atoms with Gasteiger partial charge in [0.2, 0.25) is 5.88 Å². The van der Waals surface area contributed by atoms with E-state index < -0.39 is 4.92 Å². The highest BCUT2D eigenvalue weighted by Crippen LogP contribution is 2.25. The van der Waals surface area contributed by atoms with E-state index in [-0.39, 0.29) is 5.69 Å². The molecule has 18 heavy (non-hydrogen) atoms. The quantitative estimate of drug-likeness (QED) is 0.656. The number of ether oxygens (including phenoxy) is 1.